The Hall–Kier alpha value is -1.68. The number of pyridine rings is 1. The molecule has 4 nitrogen and oxygen atoms in total. The maximum atomic E-state index is 5.52. The van der Waals surface area contributed by atoms with Crippen molar-refractivity contribution in [2.24, 2.45) is 0 Å². The van der Waals surface area contributed by atoms with Crippen molar-refractivity contribution in [1.82, 2.24) is 15.3 Å². The highest BCUT2D eigenvalue weighted by Gasteiger charge is 2.24. The zero-order valence-corrected chi connectivity index (χ0v) is 12.8. The summed E-state index contributed by atoms with van der Waals surface area (Å²) in [5, 5.41) is 3.61. The lowest BCUT2D eigenvalue weighted by Crippen LogP contribution is -2.33. The maximum Gasteiger partial charge on any atom is 0.191 e. The first-order chi connectivity index (χ1) is 10.2. The topological polar surface area (TPSA) is 51.0 Å². The van der Waals surface area contributed by atoms with Gasteiger partial charge in [-0.05, 0) is 37.8 Å². The predicted molar refractivity (Wildman–Crippen MR) is 82.1 cm³/mol. The van der Waals surface area contributed by atoms with Crippen LogP contribution in [0.4, 0.5) is 0 Å². The second-order valence-corrected chi connectivity index (χ2v) is 5.99. The third kappa shape index (κ3) is 3.50. The van der Waals surface area contributed by atoms with Crippen LogP contribution in [0.15, 0.2) is 28.9 Å². The molecule has 2 heterocycles. The van der Waals surface area contributed by atoms with E-state index in [1.165, 1.54) is 30.5 Å². The van der Waals surface area contributed by atoms with Crippen LogP contribution in [0.2, 0.25) is 0 Å². The minimum absolute atomic E-state index is 0.538. The molecule has 21 heavy (non-hydrogen) atoms. The number of nitrogens with zero attached hydrogens (tertiary/aromatic N) is 2. The molecule has 0 aliphatic heterocycles. The lowest BCUT2D eigenvalue weighted by Gasteiger charge is -2.30. The van der Waals surface area contributed by atoms with Gasteiger partial charge in [0.15, 0.2) is 5.89 Å². The largest absolute Gasteiger partial charge is 0.445 e. The van der Waals surface area contributed by atoms with Gasteiger partial charge in [0.2, 0.25) is 0 Å². The number of hydrogen-bond donors (Lipinski definition) is 1. The third-order valence-corrected chi connectivity index (χ3v) is 4.34. The summed E-state index contributed by atoms with van der Waals surface area (Å²) < 4.78 is 5.52. The van der Waals surface area contributed by atoms with Crippen LogP contribution in [-0.4, -0.2) is 16.0 Å². The average molecular weight is 285 g/mol. The molecular weight excluding hydrogens is 262 g/mol. The third-order valence-electron chi connectivity index (χ3n) is 4.34. The zero-order chi connectivity index (χ0) is 14.7. The Balaban J connectivity index is 1.59. The van der Waals surface area contributed by atoms with E-state index in [1.807, 2.05) is 25.4 Å². The minimum atomic E-state index is 0.538. The van der Waals surface area contributed by atoms with Gasteiger partial charge in [-0.25, -0.2) is 4.98 Å². The molecule has 0 unspecified atom stereocenters. The molecular formula is C17H23N3O. The molecule has 0 bridgehead atoms. The molecule has 2 aromatic rings. The second-order valence-electron chi connectivity index (χ2n) is 5.99. The van der Waals surface area contributed by atoms with Gasteiger partial charge in [0, 0.05) is 30.8 Å². The fourth-order valence-electron chi connectivity index (χ4n) is 3.28. The quantitative estimate of drug-likeness (QED) is 0.934. The van der Waals surface area contributed by atoms with E-state index in [9.17, 15) is 0 Å². The maximum absolute atomic E-state index is 5.52. The van der Waals surface area contributed by atoms with Crippen molar-refractivity contribution in [3.63, 3.8) is 0 Å². The Morgan fingerprint density at radius 2 is 2.19 bits per heavy atom. The molecule has 112 valence electrons. The smallest absolute Gasteiger partial charge is 0.191 e. The van der Waals surface area contributed by atoms with Crippen LogP contribution in [0, 0.1) is 13.8 Å². The summed E-state index contributed by atoms with van der Waals surface area (Å²) in [7, 11) is 0. The summed E-state index contributed by atoms with van der Waals surface area (Å²) in [4.78, 5) is 8.74. The van der Waals surface area contributed by atoms with E-state index in [4.69, 9.17) is 4.42 Å². The first-order valence-electron chi connectivity index (χ1n) is 7.78. The van der Waals surface area contributed by atoms with Gasteiger partial charge in [0.25, 0.3) is 0 Å². The van der Waals surface area contributed by atoms with Crippen molar-refractivity contribution >= 4 is 0 Å². The Morgan fingerprint density at radius 1 is 1.29 bits per heavy atom. The van der Waals surface area contributed by atoms with Crippen molar-refractivity contribution in [3.8, 4) is 0 Å². The van der Waals surface area contributed by atoms with E-state index in [1.54, 1.807) is 0 Å². The fourth-order valence-corrected chi connectivity index (χ4v) is 3.28. The van der Waals surface area contributed by atoms with Gasteiger partial charge >= 0.3 is 0 Å². The van der Waals surface area contributed by atoms with Gasteiger partial charge in [0.05, 0.1) is 12.7 Å². The first kappa shape index (κ1) is 14.3. The van der Waals surface area contributed by atoms with E-state index < -0.39 is 0 Å². The van der Waals surface area contributed by atoms with Crippen molar-refractivity contribution in [1.29, 1.82) is 0 Å². The van der Waals surface area contributed by atoms with Crippen molar-refractivity contribution < 1.29 is 4.42 Å². The van der Waals surface area contributed by atoms with E-state index in [-0.39, 0.29) is 0 Å². The summed E-state index contributed by atoms with van der Waals surface area (Å²) in [5.41, 5.74) is 2.59. The molecule has 4 heteroatoms. The normalized spacial score (nSPS) is 22.4. The van der Waals surface area contributed by atoms with Crippen LogP contribution in [0.3, 0.4) is 0 Å². The Labute approximate surface area is 126 Å². The summed E-state index contributed by atoms with van der Waals surface area (Å²) in [5.74, 6) is 2.23. The molecule has 1 saturated carbocycles. The predicted octanol–water partition coefficient (Wildman–Crippen LogP) is 3.50. The summed E-state index contributed by atoms with van der Waals surface area (Å²) in [6.07, 6.45) is 8.62. The second kappa shape index (κ2) is 6.39. The molecule has 1 aliphatic carbocycles. The highest BCUT2D eigenvalue weighted by molar-refractivity contribution is 5.22. The van der Waals surface area contributed by atoms with Gasteiger partial charge < -0.3 is 9.73 Å². The van der Waals surface area contributed by atoms with Gasteiger partial charge in [-0.3, -0.25) is 4.98 Å². The molecule has 0 amide bonds. The Bertz CT molecular complexity index is 593. The van der Waals surface area contributed by atoms with E-state index in [2.05, 4.69) is 28.3 Å². The minimum Gasteiger partial charge on any atom is -0.445 e. The van der Waals surface area contributed by atoms with Crippen LogP contribution in [0.25, 0.3) is 0 Å². The SMILES string of the molecule is Cc1ncc(CN[C@H]2CCC[C@@H](c3ncccc3C)C2)o1. The van der Waals surface area contributed by atoms with Crippen molar-refractivity contribution in [3.05, 3.63) is 47.4 Å². The van der Waals surface area contributed by atoms with Gasteiger partial charge in [-0.15, -0.1) is 0 Å². The zero-order valence-electron chi connectivity index (χ0n) is 12.8. The molecule has 0 saturated heterocycles. The van der Waals surface area contributed by atoms with Crippen molar-refractivity contribution in [2.75, 3.05) is 0 Å². The summed E-state index contributed by atoms with van der Waals surface area (Å²) >= 11 is 0. The highest BCUT2D eigenvalue weighted by Crippen LogP contribution is 2.33. The van der Waals surface area contributed by atoms with Crippen molar-refractivity contribution in [2.45, 2.75) is 58.0 Å². The number of aryl methyl sites for hydroxylation is 2. The molecule has 3 rings (SSSR count). The van der Waals surface area contributed by atoms with Crippen LogP contribution in [0.1, 0.15) is 54.5 Å². The summed E-state index contributed by atoms with van der Waals surface area (Å²) in [6, 6.07) is 4.72. The number of hydrogen-bond acceptors (Lipinski definition) is 4. The number of rotatable bonds is 4. The van der Waals surface area contributed by atoms with Crippen LogP contribution >= 0.6 is 0 Å². The highest BCUT2D eigenvalue weighted by atomic mass is 16.4. The van der Waals surface area contributed by atoms with Crippen LogP contribution in [0.5, 0.6) is 0 Å². The number of oxazole rings is 1. The molecule has 0 aromatic carbocycles. The van der Waals surface area contributed by atoms with E-state index in [0.717, 1.165) is 24.6 Å². The van der Waals surface area contributed by atoms with Crippen LogP contribution < -0.4 is 5.32 Å². The Kier molecular flexibility index (Phi) is 4.34. The van der Waals surface area contributed by atoms with E-state index >= 15 is 0 Å². The fraction of sp³-hybridized carbons (Fsp3) is 0.529. The lowest BCUT2D eigenvalue weighted by atomic mass is 9.82. The van der Waals surface area contributed by atoms with Crippen LogP contribution in [-0.2, 0) is 6.54 Å². The average Bonchev–Trinajstić information content (AvgIpc) is 2.92. The molecule has 2 aromatic heterocycles. The molecule has 2 atom stereocenters. The monoisotopic (exact) mass is 285 g/mol. The number of nitrogens with one attached hydrogen (secondary N) is 1. The summed E-state index contributed by atoms with van der Waals surface area (Å²) in [6.45, 7) is 4.81. The first-order valence-corrected chi connectivity index (χ1v) is 7.78. The number of aromatic nitrogens is 2. The molecule has 1 N–H and O–H groups in total. The van der Waals surface area contributed by atoms with Gasteiger partial charge in [0.1, 0.15) is 5.76 Å². The van der Waals surface area contributed by atoms with Gasteiger partial charge in [-0.1, -0.05) is 12.5 Å². The standard InChI is InChI=1S/C17H23N3O/c1-12-5-4-8-18-17(12)14-6-3-7-15(9-14)20-11-16-10-19-13(2)21-16/h4-5,8,10,14-15,20H,3,6-7,9,11H2,1-2H3/t14-,15+/m1/s1. The molecule has 1 fully saturated rings. The Morgan fingerprint density at radius 3 is 2.95 bits per heavy atom. The molecule has 0 radical (unpaired) electrons. The molecule has 0 spiro atoms. The van der Waals surface area contributed by atoms with Gasteiger partial charge in [-0.2, -0.15) is 0 Å². The van der Waals surface area contributed by atoms with E-state index in [0.29, 0.717) is 12.0 Å². The molecule has 1 aliphatic rings. The lowest BCUT2D eigenvalue weighted by molar-refractivity contribution is 0.323.